The Balaban J connectivity index is 3.46. The van der Waals surface area contributed by atoms with Gasteiger partial charge >= 0.3 is 5.76 Å². The summed E-state index contributed by atoms with van der Waals surface area (Å²) in [6.07, 6.45) is 0. The molecule has 0 radical (unpaired) electrons. The summed E-state index contributed by atoms with van der Waals surface area (Å²) >= 11 is 6.09. The highest BCUT2D eigenvalue weighted by Gasteiger charge is 2.33. The van der Waals surface area contributed by atoms with Gasteiger partial charge in [-0.3, -0.25) is 0 Å². The molecule has 0 spiro atoms. The molecular formula is C13H17ClF2O2S. The van der Waals surface area contributed by atoms with Crippen molar-refractivity contribution in [3.63, 3.8) is 0 Å². The predicted octanol–water partition coefficient (Wildman–Crippen LogP) is 4.05. The van der Waals surface area contributed by atoms with Crippen molar-refractivity contribution in [1.29, 1.82) is 0 Å². The Morgan fingerprint density at radius 2 is 1.63 bits per heavy atom. The van der Waals surface area contributed by atoms with Crippen LogP contribution in [0.15, 0.2) is 29.2 Å². The molecule has 0 aliphatic heterocycles. The number of hydrogen-bond acceptors (Lipinski definition) is 2. The molecule has 0 saturated heterocycles. The fourth-order valence-electron chi connectivity index (χ4n) is 2.25. The molecule has 6 heteroatoms. The van der Waals surface area contributed by atoms with Crippen molar-refractivity contribution < 1.29 is 17.2 Å². The molecule has 2 nitrogen and oxygen atoms in total. The third-order valence-corrected chi connectivity index (χ3v) is 4.76. The molecule has 1 rings (SSSR count). The van der Waals surface area contributed by atoms with Gasteiger partial charge in [0.15, 0.2) is 0 Å². The van der Waals surface area contributed by atoms with Crippen LogP contribution in [0.1, 0.15) is 32.3 Å². The van der Waals surface area contributed by atoms with Gasteiger partial charge in [-0.2, -0.15) is 8.78 Å². The summed E-state index contributed by atoms with van der Waals surface area (Å²) in [4.78, 5) is -0.323. The van der Waals surface area contributed by atoms with Gasteiger partial charge in [-0.05, 0) is 24.5 Å². The van der Waals surface area contributed by atoms with E-state index in [1.54, 1.807) is 19.1 Å². The molecule has 0 aromatic heterocycles. The van der Waals surface area contributed by atoms with Crippen LogP contribution in [0.25, 0.3) is 0 Å². The number of benzene rings is 1. The average Bonchev–Trinajstić information content (AvgIpc) is 2.28. The molecule has 1 aromatic rings. The highest BCUT2D eigenvalue weighted by Crippen LogP contribution is 2.36. The molecule has 0 amide bonds. The molecule has 0 N–H and O–H groups in total. The van der Waals surface area contributed by atoms with Gasteiger partial charge in [-0.15, -0.1) is 11.6 Å². The maximum atomic E-state index is 12.7. The fourth-order valence-corrected chi connectivity index (χ4v) is 3.67. The van der Waals surface area contributed by atoms with Crippen molar-refractivity contribution in [3.05, 3.63) is 29.8 Å². The number of alkyl halides is 3. The minimum atomic E-state index is -4.61. The SMILES string of the molecule is CC(C)C(c1ccccc1S(=O)(=O)C(F)F)C(C)Cl. The fraction of sp³-hybridized carbons (Fsp3) is 0.538. The molecular weight excluding hydrogens is 294 g/mol. The molecule has 0 bridgehead atoms. The van der Waals surface area contributed by atoms with E-state index in [-0.39, 0.29) is 22.1 Å². The van der Waals surface area contributed by atoms with E-state index >= 15 is 0 Å². The molecule has 0 aliphatic carbocycles. The molecule has 2 unspecified atom stereocenters. The zero-order valence-corrected chi connectivity index (χ0v) is 12.5. The Morgan fingerprint density at radius 3 is 2.05 bits per heavy atom. The molecule has 19 heavy (non-hydrogen) atoms. The molecule has 0 aliphatic rings. The first-order valence-electron chi connectivity index (χ1n) is 5.94. The molecule has 0 saturated carbocycles. The van der Waals surface area contributed by atoms with Crippen LogP contribution in [0.4, 0.5) is 8.78 Å². The van der Waals surface area contributed by atoms with Crippen molar-refractivity contribution >= 4 is 21.4 Å². The van der Waals surface area contributed by atoms with Gasteiger partial charge in [0.25, 0.3) is 0 Å². The topological polar surface area (TPSA) is 34.1 Å². The second kappa shape index (κ2) is 6.18. The van der Waals surface area contributed by atoms with Crippen LogP contribution in [0, 0.1) is 5.92 Å². The standard InChI is InChI=1S/C13H17ClF2O2S/c1-8(2)12(9(3)14)10-6-4-5-7-11(10)19(17,18)13(15)16/h4-9,12-13H,1-3H3. The predicted molar refractivity (Wildman–Crippen MR) is 72.5 cm³/mol. The quantitative estimate of drug-likeness (QED) is 0.769. The average molecular weight is 311 g/mol. The van der Waals surface area contributed by atoms with Gasteiger partial charge in [0, 0.05) is 11.3 Å². The second-order valence-corrected chi connectivity index (χ2v) is 7.37. The van der Waals surface area contributed by atoms with E-state index in [0.717, 1.165) is 0 Å². The maximum Gasteiger partial charge on any atom is 0.341 e. The van der Waals surface area contributed by atoms with Crippen LogP contribution in [-0.4, -0.2) is 19.6 Å². The molecule has 2 atom stereocenters. The van der Waals surface area contributed by atoms with Gasteiger partial charge in [0.1, 0.15) is 0 Å². The monoisotopic (exact) mass is 310 g/mol. The van der Waals surface area contributed by atoms with Crippen LogP contribution in [-0.2, 0) is 9.84 Å². The maximum absolute atomic E-state index is 12.7. The summed E-state index contributed by atoms with van der Waals surface area (Å²) in [6, 6.07) is 5.84. The first kappa shape index (κ1) is 16.4. The molecule has 0 fully saturated rings. The first-order valence-corrected chi connectivity index (χ1v) is 7.93. The van der Waals surface area contributed by atoms with E-state index in [9.17, 15) is 17.2 Å². The Bertz CT molecular complexity index is 519. The minimum Gasteiger partial charge on any atom is -0.218 e. The van der Waals surface area contributed by atoms with Crippen molar-refractivity contribution in [3.8, 4) is 0 Å². The number of rotatable bonds is 5. The lowest BCUT2D eigenvalue weighted by molar-refractivity contribution is 0.234. The normalized spacial score (nSPS) is 15.8. The lowest BCUT2D eigenvalue weighted by atomic mass is 9.86. The second-order valence-electron chi connectivity index (χ2n) is 4.79. The van der Waals surface area contributed by atoms with Crippen LogP contribution >= 0.6 is 11.6 Å². The highest BCUT2D eigenvalue weighted by atomic mass is 35.5. The summed E-state index contributed by atoms with van der Waals surface area (Å²) in [7, 11) is -4.61. The van der Waals surface area contributed by atoms with E-state index in [4.69, 9.17) is 11.6 Å². The summed E-state index contributed by atoms with van der Waals surface area (Å²) in [5, 5.41) is -0.353. The van der Waals surface area contributed by atoms with Crippen LogP contribution in [0.2, 0.25) is 0 Å². The third-order valence-electron chi connectivity index (χ3n) is 3.03. The zero-order chi connectivity index (χ0) is 14.8. The molecule has 108 valence electrons. The number of halogens is 3. The van der Waals surface area contributed by atoms with Crippen LogP contribution in [0.3, 0.4) is 0 Å². The lowest BCUT2D eigenvalue weighted by Gasteiger charge is -2.26. The minimum absolute atomic E-state index is 0.0431. The third kappa shape index (κ3) is 3.45. The lowest BCUT2D eigenvalue weighted by Crippen LogP contribution is -2.21. The van der Waals surface area contributed by atoms with Crippen molar-refractivity contribution in [2.75, 3.05) is 0 Å². The van der Waals surface area contributed by atoms with E-state index in [2.05, 4.69) is 0 Å². The van der Waals surface area contributed by atoms with Crippen molar-refractivity contribution in [2.24, 2.45) is 5.92 Å². The Kier molecular flexibility index (Phi) is 5.33. The summed E-state index contributed by atoms with van der Waals surface area (Å²) in [5.74, 6) is -3.68. The summed E-state index contributed by atoms with van der Waals surface area (Å²) in [6.45, 7) is 5.50. The van der Waals surface area contributed by atoms with Crippen LogP contribution in [0.5, 0.6) is 0 Å². The highest BCUT2D eigenvalue weighted by molar-refractivity contribution is 7.91. The van der Waals surface area contributed by atoms with Crippen molar-refractivity contribution in [2.45, 2.75) is 42.7 Å². The van der Waals surface area contributed by atoms with E-state index in [1.807, 2.05) is 13.8 Å². The Morgan fingerprint density at radius 1 is 1.11 bits per heavy atom. The summed E-state index contributed by atoms with van der Waals surface area (Å²) < 4.78 is 48.9. The van der Waals surface area contributed by atoms with Gasteiger partial charge in [-0.25, -0.2) is 8.42 Å². The zero-order valence-electron chi connectivity index (χ0n) is 11.0. The van der Waals surface area contributed by atoms with E-state index in [0.29, 0.717) is 5.56 Å². The van der Waals surface area contributed by atoms with E-state index in [1.165, 1.54) is 12.1 Å². The number of hydrogen-bond donors (Lipinski definition) is 0. The molecule has 1 aromatic carbocycles. The Labute approximate surface area is 117 Å². The van der Waals surface area contributed by atoms with Crippen molar-refractivity contribution in [1.82, 2.24) is 0 Å². The van der Waals surface area contributed by atoms with E-state index < -0.39 is 15.6 Å². The van der Waals surface area contributed by atoms with Gasteiger partial charge in [-0.1, -0.05) is 32.0 Å². The van der Waals surface area contributed by atoms with Gasteiger partial charge in [0.2, 0.25) is 9.84 Å². The Hall–Kier alpha value is -0.680. The smallest absolute Gasteiger partial charge is 0.218 e. The number of sulfone groups is 1. The largest absolute Gasteiger partial charge is 0.341 e. The van der Waals surface area contributed by atoms with Gasteiger partial charge in [0.05, 0.1) is 4.90 Å². The summed E-state index contributed by atoms with van der Waals surface area (Å²) in [5.41, 5.74) is 0.361. The first-order chi connectivity index (χ1) is 8.69. The van der Waals surface area contributed by atoms with Crippen LogP contribution < -0.4 is 0 Å². The molecule has 0 heterocycles. The van der Waals surface area contributed by atoms with Gasteiger partial charge < -0.3 is 0 Å².